The normalized spacial score (nSPS) is 12.6. The predicted octanol–water partition coefficient (Wildman–Crippen LogP) is 5.46. The van der Waals surface area contributed by atoms with E-state index < -0.39 is 0 Å². The summed E-state index contributed by atoms with van der Waals surface area (Å²) in [7, 11) is 0. The van der Waals surface area contributed by atoms with Crippen LogP contribution in [0.3, 0.4) is 0 Å². The van der Waals surface area contributed by atoms with Crippen molar-refractivity contribution < 1.29 is 0 Å². The van der Waals surface area contributed by atoms with Gasteiger partial charge in [0.2, 0.25) is 0 Å². The van der Waals surface area contributed by atoms with Gasteiger partial charge in [0.25, 0.3) is 0 Å². The lowest BCUT2D eigenvalue weighted by Gasteiger charge is -2.11. The molecule has 19 heavy (non-hydrogen) atoms. The summed E-state index contributed by atoms with van der Waals surface area (Å²) >= 11 is 3.46. The van der Waals surface area contributed by atoms with Gasteiger partial charge in [0.1, 0.15) is 0 Å². The monoisotopic (exact) mass is 325 g/mol. The summed E-state index contributed by atoms with van der Waals surface area (Å²) in [4.78, 5) is 0. The highest BCUT2D eigenvalue weighted by Gasteiger charge is 2.04. The lowest BCUT2D eigenvalue weighted by Crippen LogP contribution is -2.22. The molecule has 1 nitrogen and oxygen atoms in total. The van der Waals surface area contributed by atoms with E-state index in [1.165, 1.54) is 50.5 Å². The van der Waals surface area contributed by atoms with E-state index in [-0.39, 0.29) is 0 Å². The smallest absolute Gasteiger partial charge is 0.0175 e. The van der Waals surface area contributed by atoms with E-state index in [1.807, 2.05) is 0 Å². The van der Waals surface area contributed by atoms with Crippen LogP contribution in [0.15, 0.2) is 28.7 Å². The van der Waals surface area contributed by atoms with Crippen LogP contribution in [0.5, 0.6) is 0 Å². The van der Waals surface area contributed by atoms with Crippen molar-refractivity contribution in [3.05, 3.63) is 34.3 Å². The Morgan fingerprint density at radius 1 is 0.947 bits per heavy atom. The number of benzene rings is 1. The number of unbranched alkanes of at least 4 members (excludes halogenated alkanes) is 6. The third kappa shape index (κ3) is 8.43. The van der Waals surface area contributed by atoms with Crippen molar-refractivity contribution in [2.24, 2.45) is 5.73 Å². The summed E-state index contributed by atoms with van der Waals surface area (Å²) in [6, 6.07) is 8.83. The molecule has 2 heteroatoms. The Kier molecular flexibility index (Phi) is 9.19. The first kappa shape index (κ1) is 16.7. The number of nitrogens with two attached hydrogens (primary N) is 1. The number of halogens is 1. The van der Waals surface area contributed by atoms with Gasteiger partial charge in [-0.05, 0) is 30.5 Å². The number of hydrogen-bond donors (Lipinski definition) is 1. The average Bonchev–Trinajstić information content (AvgIpc) is 2.40. The van der Waals surface area contributed by atoms with Gasteiger partial charge in [0.15, 0.2) is 0 Å². The highest BCUT2D eigenvalue weighted by atomic mass is 79.9. The van der Waals surface area contributed by atoms with Gasteiger partial charge >= 0.3 is 0 Å². The molecule has 1 unspecified atom stereocenters. The van der Waals surface area contributed by atoms with Crippen LogP contribution in [0.4, 0.5) is 0 Å². The van der Waals surface area contributed by atoms with Gasteiger partial charge < -0.3 is 5.73 Å². The standard InChI is InChI=1S/C17H28BrN/c1-2-3-4-5-6-7-8-9-17(19)14-15-10-12-16(18)13-11-15/h10-13,17H,2-9,14,19H2,1H3. The molecule has 1 atom stereocenters. The van der Waals surface area contributed by atoms with Crippen molar-refractivity contribution in [1.29, 1.82) is 0 Å². The van der Waals surface area contributed by atoms with Gasteiger partial charge in [-0.3, -0.25) is 0 Å². The van der Waals surface area contributed by atoms with Crippen molar-refractivity contribution in [3.63, 3.8) is 0 Å². The zero-order valence-corrected chi connectivity index (χ0v) is 13.8. The fourth-order valence-electron chi connectivity index (χ4n) is 2.39. The summed E-state index contributed by atoms with van der Waals surface area (Å²) in [6.45, 7) is 2.27. The quantitative estimate of drug-likeness (QED) is 0.568. The van der Waals surface area contributed by atoms with Gasteiger partial charge in [-0.15, -0.1) is 0 Å². The first-order valence-electron chi connectivity index (χ1n) is 7.72. The van der Waals surface area contributed by atoms with Crippen LogP contribution in [0, 0.1) is 0 Å². The molecule has 0 spiro atoms. The highest BCUT2D eigenvalue weighted by molar-refractivity contribution is 9.10. The van der Waals surface area contributed by atoms with E-state index in [0.29, 0.717) is 6.04 Å². The van der Waals surface area contributed by atoms with Gasteiger partial charge in [0, 0.05) is 10.5 Å². The molecule has 0 saturated heterocycles. The van der Waals surface area contributed by atoms with E-state index >= 15 is 0 Å². The molecule has 0 fully saturated rings. The molecule has 0 amide bonds. The third-order valence-electron chi connectivity index (χ3n) is 3.59. The molecule has 1 aromatic carbocycles. The minimum Gasteiger partial charge on any atom is -0.327 e. The molecule has 0 bridgehead atoms. The fourth-order valence-corrected chi connectivity index (χ4v) is 2.65. The summed E-state index contributed by atoms with van der Waals surface area (Å²) < 4.78 is 1.14. The van der Waals surface area contributed by atoms with Crippen molar-refractivity contribution in [2.75, 3.05) is 0 Å². The Bertz CT molecular complexity index is 321. The van der Waals surface area contributed by atoms with E-state index in [2.05, 4.69) is 47.1 Å². The molecule has 0 aliphatic heterocycles. The Morgan fingerprint density at radius 3 is 2.16 bits per heavy atom. The summed E-state index contributed by atoms with van der Waals surface area (Å²) in [5.74, 6) is 0. The lowest BCUT2D eigenvalue weighted by atomic mass is 10.0. The van der Waals surface area contributed by atoms with Crippen LogP contribution in [0.2, 0.25) is 0 Å². The molecule has 0 aliphatic carbocycles. The molecule has 1 rings (SSSR count). The van der Waals surface area contributed by atoms with Crippen LogP contribution in [-0.2, 0) is 6.42 Å². The second kappa shape index (κ2) is 10.4. The molecule has 0 heterocycles. The minimum absolute atomic E-state index is 0.316. The Hall–Kier alpha value is -0.340. The number of rotatable bonds is 10. The Labute approximate surface area is 127 Å². The highest BCUT2D eigenvalue weighted by Crippen LogP contribution is 2.14. The summed E-state index contributed by atoms with van der Waals surface area (Å²) in [5, 5.41) is 0. The topological polar surface area (TPSA) is 26.0 Å². The van der Waals surface area contributed by atoms with Crippen molar-refractivity contribution >= 4 is 15.9 Å². The molecule has 0 saturated carbocycles. The predicted molar refractivity (Wildman–Crippen MR) is 88.4 cm³/mol. The van der Waals surface area contributed by atoms with Crippen molar-refractivity contribution in [1.82, 2.24) is 0 Å². The van der Waals surface area contributed by atoms with Crippen molar-refractivity contribution in [3.8, 4) is 0 Å². The van der Waals surface area contributed by atoms with E-state index in [4.69, 9.17) is 5.73 Å². The maximum absolute atomic E-state index is 6.19. The van der Waals surface area contributed by atoms with E-state index in [0.717, 1.165) is 17.3 Å². The average molecular weight is 326 g/mol. The van der Waals surface area contributed by atoms with Gasteiger partial charge in [-0.25, -0.2) is 0 Å². The van der Waals surface area contributed by atoms with Gasteiger partial charge in [-0.2, -0.15) is 0 Å². The first-order valence-corrected chi connectivity index (χ1v) is 8.51. The molecule has 108 valence electrons. The lowest BCUT2D eigenvalue weighted by molar-refractivity contribution is 0.528. The molecule has 0 radical (unpaired) electrons. The second-order valence-corrected chi connectivity index (χ2v) is 6.42. The van der Waals surface area contributed by atoms with E-state index in [9.17, 15) is 0 Å². The number of hydrogen-bond acceptors (Lipinski definition) is 1. The van der Waals surface area contributed by atoms with Crippen LogP contribution in [-0.4, -0.2) is 6.04 Å². The summed E-state index contributed by atoms with van der Waals surface area (Å²) in [6.07, 6.45) is 11.7. The fraction of sp³-hybridized carbons (Fsp3) is 0.647. The molecular weight excluding hydrogens is 298 g/mol. The van der Waals surface area contributed by atoms with Crippen LogP contribution in [0.1, 0.15) is 63.9 Å². The van der Waals surface area contributed by atoms with Gasteiger partial charge in [0.05, 0.1) is 0 Å². The second-order valence-electron chi connectivity index (χ2n) is 5.50. The van der Waals surface area contributed by atoms with Gasteiger partial charge in [-0.1, -0.05) is 79.9 Å². The zero-order chi connectivity index (χ0) is 13.9. The van der Waals surface area contributed by atoms with E-state index in [1.54, 1.807) is 0 Å². The molecular formula is C17H28BrN. The molecule has 1 aromatic rings. The maximum Gasteiger partial charge on any atom is 0.0175 e. The SMILES string of the molecule is CCCCCCCCCC(N)Cc1ccc(Br)cc1. The van der Waals surface area contributed by atoms with Crippen LogP contribution >= 0.6 is 15.9 Å². The maximum atomic E-state index is 6.19. The third-order valence-corrected chi connectivity index (χ3v) is 4.12. The Balaban J connectivity index is 2.04. The largest absolute Gasteiger partial charge is 0.327 e. The Morgan fingerprint density at radius 2 is 1.53 bits per heavy atom. The van der Waals surface area contributed by atoms with Crippen molar-refractivity contribution in [2.45, 2.75) is 70.8 Å². The summed E-state index contributed by atoms with van der Waals surface area (Å²) in [5.41, 5.74) is 7.54. The minimum atomic E-state index is 0.316. The molecule has 0 aliphatic rings. The zero-order valence-electron chi connectivity index (χ0n) is 12.2. The van der Waals surface area contributed by atoms with Crippen LogP contribution in [0.25, 0.3) is 0 Å². The molecule has 0 aromatic heterocycles. The molecule has 2 N–H and O–H groups in total. The van der Waals surface area contributed by atoms with Crippen LogP contribution < -0.4 is 5.73 Å². The first-order chi connectivity index (χ1) is 9.22.